The summed E-state index contributed by atoms with van der Waals surface area (Å²) in [5.41, 5.74) is 2.93. The van der Waals surface area contributed by atoms with E-state index in [2.05, 4.69) is 63.8 Å². The summed E-state index contributed by atoms with van der Waals surface area (Å²) >= 11 is 0. The fourth-order valence-electron chi connectivity index (χ4n) is 3.56. The van der Waals surface area contributed by atoms with Crippen LogP contribution in [-0.2, 0) is 11.2 Å². The molecule has 0 aliphatic carbocycles. The number of morpholine rings is 1. The molecule has 4 atom stereocenters. The summed E-state index contributed by atoms with van der Waals surface area (Å²) in [6.07, 6.45) is 3.11. The van der Waals surface area contributed by atoms with Gasteiger partial charge in [0.15, 0.2) is 0 Å². The minimum absolute atomic E-state index is 0.366. The second kappa shape index (κ2) is 10.9. The van der Waals surface area contributed by atoms with E-state index in [-0.39, 0.29) is 0 Å². The van der Waals surface area contributed by atoms with Crippen molar-refractivity contribution in [2.45, 2.75) is 79.4 Å². The van der Waals surface area contributed by atoms with E-state index in [0.29, 0.717) is 24.0 Å². The summed E-state index contributed by atoms with van der Waals surface area (Å²) in [6.45, 7) is 18.6. The van der Waals surface area contributed by atoms with Crippen molar-refractivity contribution in [3.63, 3.8) is 0 Å². The third kappa shape index (κ3) is 6.94. The molecule has 0 bridgehead atoms. The topological polar surface area (TPSA) is 12.5 Å². The molecule has 1 aliphatic rings. The normalized spacial score (nSPS) is 24.0. The van der Waals surface area contributed by atoms with Gasteiger partial charge >= 0.3 is 0 Å². The maximum Gasteiger partial charge on any atom is 0.0678 e. The molecule has 1 aliphatic heterocycles. The Morgan fingerprint density at radius 2 is 1.58 bits per heavy atom. The molecule has 2 rings (SSSR count). The Hall–Kier alpha value is -0.860. The minimum Gasteiger partial charge on any atom is -0.373 e. The molecule has 1 heterocycles. The van der Waals surface area contributed by atoms with Crippen LogP contribution in [0.3, 0.4) is 0 Å². The van der Waals surface area contributed by atoms with E-state index in [1.54, 1.807) is 0 Å². The Morgan fingerprint density at radius 3 is 2.08 bits per heavy atom. The first-order valence-corrected chi connectivity index (χ1v) is 9.94. The zero-order valence-corrected chi connectivity index (χ0v) is 17.0. The highest BCUT2D eigenvalue weighted by Gasteiger charge is 2.23. The lowest BCUT2D eigenvalue weighted by molar-refractivity contribution is -0.0708. The van der Waals surface area contributed by atoms with Gasteiger partial charge in [0.2, 0.25) is 0 Å². The first-order valence-electron chi connectivity index (χ1n) is 9.94. The van der Waals surface area contributed by atoms with Gasteiger partial charge in [0.1, 0.15) is 0 Å². The second-order valence-corrected chi connectivity index (χ2v) is 7.34. The Balaban J connectivity index is 0.00000139. The average Bonchev–Trinajstić information content (AvgIpc) is 2.55. The number of benzene rings is 1. The third-order valence-electron chi connectivity index (χ3n) is 4.81. The molecule has 2 heteroatoms. The smallest absolute Gasteiger partial charge is 0.0678 e. The average molecular weight is 334 g/mol. The van der Waals surface area contributed by atoms with E-state index in [9.17, 15) is 0 Å². The Kier molecular flexibility index (Phi) is 9.61. The van der Waals surface area contributed by atoms with E-state index in [4.69, 9.17) is 4.74 Å². The van der Waals surface area contributed by atoms with Gasteiger partial charge in [-0.2, -0.15) is 0 Å². The highest BCUT2D eigenvalue weighted by Crippen LogP contribution is 2.20. The van der Waals surface area contributed by atoms with Crippen molar-refractivity contribution in [3.8, 4) is 0 Å². The summed E-state index contributed by atoms with van der Waals surface area (Å²) in [5, 5.41) is 0. The van der Waals surface area contributed by atoms with Gasteiger partial charge < -0.3 is 4.74 Å². The number of nitrogens with zero attached hydrogens (tertiary/aromatic N) is 1. The summed E-state index contributed by atoms with van der Waals surface area (Å²) in [6, 6.07) is 9.27. The van der Waals surface area contributed by atoms with Crippen molar-refractivity contribution in [2.75, 3.05) is 19.6 Å². The van der Waals surface area contributed by atoms with Gasteiger partial charge in [0.25, 0.3) is 0 Å². The monoisotopic (exact) mass is 333 g/mol. The van der Waals surface area contributed by atoms with E-state index < -0.39 is 0 Å². The van der Waals surface area contributed by atoms with Crippen molar-refractivity contribution in [1.82, 2.24) is 4.90 Å². The van der Waals surface area contributed by atoms with Gasteiger partial charge in [-0.05, 0) is 49.7 Å². The first-order chi connectivity index (χ1) is 11.5. The minimum atomic E-state index is 0.366. The zero-order valence-electron chi connectivity index (χ0n) is 17.0. The van der Waals surface area contributed by atoms with Crippen LogP contribution in [0.5, 0.6) is 0 Å². The molecular formula is C22H39NO. The Bertz CT molecular complexity index is 432. The highest BCUT2D eigenvalue weighted by atomic mass is 16.5. The summed E-state index contributed by atoms with van der Waals surface area (Å²) in [5.74, 6) is 1.36. The van der Waals surface area contributed by atoms with Crippen molar-refractivity contribution in [1.29, 1.82) is 0 Å². The van der Waals surface area contributed by atoms with Gasteiger partial charge in [0.05, 0.1) is 12.2 Å². The van der Waals surface area contributed by atoms with Crippen molar-refractivity contribution in [2.24, 2.45) is 5.92 Å². The third-order valence-corrected chi connectivity index (χ3v) is 4.81. The van der Waals surface area contributed by atoms with Gasteiger partial charge in [-0.25, -0.2) is 0 Å². The largest absolute Gasteiger partial charge is 0.373 e. The van der Waals surface area contributed by atoms with Crippen molar-refractivity contribution < 1.29 is 4.74 Å². The molecule has 138 valence electrons. The predicted molar refractivity (Wildman–Crippen MR) is 106 cm³/mol. The zero-order chi connectivity index (χ0) is 18.1. The van der Waals surface area contributed by atoms with Crippen LogP contribution in [0.1, 0.15) is 71.9 Å². The quantitative estimate of drug-likeness (QED) is 0.680. The molecule has 0 aromatic heterocycles. The van der Waals surface area contributed by atoms with Gasteiger partial charge in [-0.1, -0.05) is 58.9 Å². The summed E-state index contributed by atoms with van der Waals surface area (Å²) in [4.78, 5) is 2.57. The maximum absolute atomic E-state index is 5.82. The first kappa shape index (κ1) is 21.2. The molecule has 0 radical (unpaired) electrons. The van der Waals surface area contributed by atoms with Crippen LogP contribution in [0.2, 0.25) is 0 Å². The molecule has 1 aromatic carbocycles. The van der Waals surface area contributed by atoms with E-state index >= 15 is 0 Å². The number of rotatable bonds is 6. The fourth-order valence-corrected chi connectivity index (χ4v) is 3.56. The molecule has 0 saturated carbocycles. The lowest BCUT2D eigenvalue weighted by atomic mass is 9.94. The van der Waals surface area contributed by atoms with Gasteiger partial charge in [-0.3, -0.25) is 4.90 Å². The fraction of sp³-hybridized carbons (Fsp3) is 0.727. The van der Waals surface area contributed by atoms with Crippen LogP contribution in [0, 0.1) is 5.92 Å². The predicted octanol–water partition coefficient (Wildman–Crippen LogP) is 5.51. The Labute approximate surface area is 150 Å². The van der Waals surface area contributed by atoms with E-state index in [0.717, 1.165) is 13.1 Å². The van der Waals surface area contributed by atoms with Crippen LogP contribution in [0.15, 0.2) is 24.3 Å². The van der Waals surface area contributed by atoms with Gasteiger partial charge in [-0.15, -0.1) is 0 Å². The Morgan fingerprint density at radius 1 is 1.04 bits per heavy atom. The van der Waals surface area contributed by atoms with Gasteiger partial charge in [0, 0.05) is 19.6 Å². The lowest BCUT2D eigenvalue weighted by Gasteiger charge is -2.36. The van der Waals surface area contributed by atoms with Crippen LogP contribution in [-0.4, -0.2) is 36.7 Å². The van der Waals surface area contributed by atoms with Crippen LogP contribution < -0.4 is 0 Å². The second-order valence-electron chi connectivity index (χ2n) is 7.34. The van der Waals surface area contributed by atoms with Crippen LogP contribution in [0.25, 0.3) is 0 Å². The maximum atomic E-state index is 5.82. The SMILES string of the molecule is CC.CCC(C)c1ccc(CC(C)CN2C[C@@H](C)O[C@@H](C)C2)cc1. The molecule has 1 aromatic rings. The number of hydrogen-bond acceptors (Lipinski definition) is 2. The molecule has 2 unspecified atom stereocenters. The molecule has 0 N–H and O–H groups in total. The summed E-state index contributed by atoms with van der Waals surface area (Å²) < 4.78 is 5.82. The lowest BCUT2D eigenvalue weighted by Crippen LogP contribution is -2.47. The molecule has 1 fully saturated rings. The van der Waals surface area contributed by atoms with E-state index in [1.807, 2.05) is 13.8 Å². The molecule has 0 spiro atoms. The van der Waals surface area contributed by atoms with Crippen LogP contribution in [0.4, 0.5) is 0 Å². The summed E-state index contributed by atoms with van der Waals surface area (Å²) in [7, 11) is 0. The number of ether oxygens (including phenoxy) is 1. The molecule has 0 amide bonds. The molecule has 1 saturated heterocycles. The number of hydrogen-bond donors (Lipinski definition) is 0. The molecule has 2 nitrogen and oxygen atoms in total. The van der Waals surface area contributed by atoms with Crippen molar-refractivity contribution in [3.05, 3.63) is 35.4 Å². The van der Waals surface area contributed by atoms with E-state index in [1.165, 1.54) is 30.5 Å². The van der Waals surface area contributed by atoms with Crippen molar-refractivity contribution >= 4 is 0 Å². The van der Waals surface area contributed by atoms with Crippen LogP contribution >= 0.6 is 0 Å². The highest BCUT2D eigenvalue weighted by molar-refractivity contribution is 5.25. The molecule has 24 heavy (non-hydrogen) atoms. The molecular weight excluding hydrogens is 294 g/mol. The standard InChI is InChI=1S/C20H33NO.C2H6/c1-6-16(3)20-9-7-19(8-10-20)11-15(2)12-21-13-17(4)22-18(5)14-21;1-2/h7-10,15-18H,6,11-14H2,1-5H3;1-2H3/t15?,16?,17-,18+;.